The van der Waals surface area contributed by atoms with Gasteiger partial charge in [-0.25, -0.2) is 0 Å². The first-order valence-corrected chi connectivity index (χ1v) is 6.89. The van der Waals surface area contributed by atoms with Crippen LogP contribution in [0.3, 0.4) is 0 Å². The van der Waals surface area contributed by atoms with Crippen LogP contribution < -0.4 is 4.74 Å². The Morgan fingerprint density at radius 3 is 2.22 bits per heavy atom. The minimum Gasteiger partial charge on any atom is -0.405 e. The van der Waals surface area contributed by atoms with Crippen molar-refractivity contribution in [3.63, 3.8) is 0 Å². The van der Waals surface area contributed by atoms with Crippen LogP contribution in [0.5, 0.6) is 5.75 Å². The van der Waals surface area contributed by atoms with Crippen molar-refractivity contribution in [3.05, 3.63) is 72.9 Å². The van der Waals surface area contributed by atoms with Gasteiger partial charge in [0.05, 0.1) is 5.69 Å². The van der Waals surface area contributed by atoms with E-state index >= 15 is 0 Å². The van der Waals surface area contributed by atoms with Crippen molar-refractivity contribution in [1.29, 1.82) is 0 Å². The van der Waals surface area contributed by atoms with Crippen molar-refractivity contribution >= 4 is 0 Å². The zero-order chi connectivity index (χ0) is 16.3. The van der Waals surface area contributed by atoms with Gasteiger partial charge in [0.2, 0.25) is 0 Å². The van der Waals surface area contributed by atoms with E-state index < -0.39 is 6.36 Å². The molecule has 0 spiro atoms. The molecule has 2 nitrogen and oxygen atoms in total. The average Bonchev–Trinajstić information content (AvgIpc) is 2.55. The fraction of sp³-hybridized carbons (Fsp3) is 0.0556. The van der Waals surface area contributed by atoms with Crippen molar-refractivity contribution in [1.82, 2.24) is 4.98 Å². The third-order valence-electron chi connectivity index (χ3n) is 3.25. The van der Waals surface area contributed by atoms with Crippen LogP contribution >= 0.6 is 0 Å². The van der Waals surface area contributed by atoms with Gasteiger partial charge < -0.3 is 4.74 Å². The molecular formula is C18H12F3NO. The van der Waals surface area contributed by atoms with Crippen molar-refractivity contribution in [2.45, 2.75) is 6.36 Å². The van der Waals surface area contributed by atoms with E-state index in [1.165, 1.54) is 12.1 Å². The zero-order valence-electron chi connectivity index (χ0n) is 11.9. The maximum atomic E-state index is 12.5. The standard InChI is InChI=1S/C18H12F3NO/c19-18(20,21)23-17-9-5-4-8-15(17)14-10-11-22-16(12-14)13-6-2-1-3-7-13/h1-12H. The molecule has 0 fully saturated rings. The molecule has 0 radical (unpaired) electrons. The van der Waals surface area contributed by atoms with Crippen molar-refractivity contribution in [3.8, 4) is 28.1 Å². The first kappa shape index (κ1) is 15.1. The summed E-state index contributed by atoms with van der Waals surface area (Å²) in [5, 5.41) is 0. The highest BCUT2D eigenvalue weighted by atomic mass is 19.4. The predicted octanol–water partition coefficient (Wildman–Crippen LogP) is 5.31. The predicted molar refractivity (Wildman–Crippen MR) is 81.8 cm³/mol. The Balaban J connectivity index is 2.03. The Labute approximate surface area is 131 Å². The summed E-state index contributed by atoms with van der Waals surface area (Å²) < 4.78 is 41.8. The van der Waals surface area contributed by atoms with E-state index in [-0.39, 0.29) is 5.75 Å². The van der Waals surface area contributed by atoms with Gasteiger partial charge in [-0.05, 0) is 23.8 Å². The van der Waals surface area contributed by atoms with Crippen LogP contribution in [0.2, 0.25) is 0 Å². The van der Waals surface area contributed by atoms with Crippen molar-refractivity contribution in [2.24, 2.45) is 0 Å². The number of aromatic nitrogens is 1. The van der Waals surface area contributed by atoms with Gasteiger partial charge in [0.1, 0.15) is 5.75 Å². The van der Waals surface area contributed by atoms with E-state index in [1.54, 1.807) is 30.5 Å². The van der Waals surface area contributed by atoms with Crippen molar-refractivity contribution < 1.29 is 17.9 Å². The molecular weight excluding hydrogens is 303 g/mol. The highest BCUT2D eigenvalue weighted by molar-refractivity contribution is 5.74. The fourth-order valence-electron chi connectivity index (χ4n) is 2.28. The van der Waals surface area contributed by atoms with Crippen molar-refractivity contribution in [2.75, 3.05) is 0 Å². The highest BCUT2D eigenvalue weighted by Gasteiger charge is 2.32. The number of ether oxygens (including phenoxy) is 1. The Hall–Kier alpha value is -2.82. The number of pyridine rings is 1. The first-order chi connectivity index (χ1) is 11.0. The SMILES string of the molecule is FC(F)(F)Oc1ccccc1-c1ccnc(-c2ccccc2)c1. The molecule has 0 unspecified atom stereocenters. The summed E-state index contributed by atoms with van der Waals surface area (Å²) in [4.78, 5) is 4.28. The molecule has 0 amide bonds. The number of hydrogen-bond acceptors (Lipinski definition) is 2. The number of halogens is 3. The Morgan fingerprint density at radius 2 is 1.48 bits per heavy atom. The van der Waals surface area contributed by atoms with E-state index in [0.717, 1.165) is 5.56 Å². The van der Waals surface area contributed by atoms with E-state index in [2.05, 4.69) is 9.72 Å². The van der Waals surface area contributed by atoms with E-state index in [0.29, 0.717) is 16.8 Å². The van der Waals surface area contributed by atoms with Crippen LogP contribution in [0.25, 0.3) is 22.4 Å². The summed E-state index contributed by atoms with van der Waals surface area (Å²) in [6.45, 7) is 0. The second kappa shape index (κ2) is 6.12. The van der Waals surface area contributed by atoms with Gasteiger partial charge in [-0.1, -0.05) is 48.5 Å². The largest absolute Gasteiger partial charge is 0.573 e. The van der Waals surface area contributed by atoms with Crippen LogP contribution in [0, 0.1) is 0 Å². The number of para-hydroxylation sites is 1. The first-order valence-electron chi connectivity index (χ1n) is 6.89. The fourth-order valence-corrected chi connectivity index (χ4v) is 2.28. The summed E-state index contributed by atoms with van der Waals surface area (Å²) in [5.41, 5.74) is 2.55. The Bertz CT molecular complexity index is 801. The third-order valence-corrected chi connectivity index (χ3v) is 3.25. The monoisotopic (exact) mass is 315 g/mol. The molecule has 2 aromatic carbocycles. The van der Waals surface area contributed by atoms with E-state index in [1.807, 2.05) is 30.3 Å². The van der Waals surface area contributed by atoms with Crippen LogP contribution in [0.1, 0.15) is 0 Å². The summed E-state index contributed by atoms with van der Waals surface area (Å²) in [7, 11) is 0. The molecule has 3 rings (SSSR count). The Morgan fingerprint density at radius 1 is 0.783 bits per heavy atom. The second-order valence-corrected chi connectivity index (χ2v) is 4.84. The van der Waals surface area contributed by atoms with Gasteiger partial charge in [-0.3, -0.25) is 4.98 Å². The summed E-state index contributed by atoms with van der Waals surface area (Å²) in [6.07, 6.45) is -3.16. The number of hydrogen-bond donors (Lipinski definition) is 0. The topological polar surface area (TPSA) is 22.1 Å². The number of alkyl halides is 3. The molecule has 5 heteroatoms. The lowest BCUT2D eigenvalue weighted by Crippen LogP contribution is -2.17. The maximum absolute atomic E-state index is 12.5. The smallest absolute Gasteiger partial charge is 0.405 e. The molecule has 0 saturated heterocycles. The molecule has 1 aromatic heterocycles. The lowest BCUT2D eigenvalue weighted by Gasteiger charge is -2.13. The maximum Gasteiger partial charge on any atom is 0.573 e. The van der Waals surface area contributed by atoms with Crippen LogP contribution in [-0.2, 0) is 0 Å². The molecule has 0 N–H and O–H groups in total. The van der Waals surface area contributed by atoms with Crippen LogP contribution in [0.4, 0.5) is 13.2 Å². The number of benzene rings is 2. The normalized spacial score (nSPS) is 11.3. The summed E-state index contributed by atoms with van der Waals surface area (Å²) in [5.74, 6) is -0.231. The third kappa shape index (κ3) is 3.69. The minimum absolute atomic E-state index is 0.231. The van der Waals surface area contributed by atoms with E-state index in [4.69, 9.17) is 0 Å². The summed E-state index contributed by atoms with van der Waals surface area (Å²) >= 11 is 0. The molecule has 3 aromatic rings. The Kier molecular flexibility index (Phi) is 4.02. The molecule has 0 bridgehead atoms. The van der Waals surface area contributed by atoms with Gasteiger partial charge in [0.15, 0.2) is 0 Å². The highest BCUT2D eigenvalue weighted by Crippen LogP contribution is 2.34. The molecule has 0 aliphatic rings. The van der Waals surface area contributed by atoms with Gasteiger partial charge in [0.25, 0.3) is 0 Å². The van der Waals surface area contributed by atoms with Crippen LogP contribution in [0.15, 0.2) is 72.9 Å². The lowest BCUT2D eigenvalue weighted by molar-refractivity contribution is -0.274. The van der Waals surface area contributed by atoms with E-state index in [9.17, 15) is 13.2 Å². The lowest BCUT2D eigenvalue weighted by atomic mass is 10.0. The molecule has 23 heavy (non-hydrogen) atoms. The van der Waals surface area contributed by atoms with Gasteiger partial charge in [-0.15, -0.1) is 13.2 Å². The molecule has 0 aliphatic carbocycles. The molecule has 0 saturated carbocycles. The molecule has 0 atom stereocenters. The quantitative estimate of drug-likeness (QED) is 0.653. The zero-order valence-corrected chi connectivity index (χ0v) is 11.9. The summed E-state index contributed by atoms with van der Waals surface area (Å²) in [6, 6.07) is 18.9. The van der Waals surface area contributed by atoms with Gasteiger partial charge in [0, 0.05) is 17.3 Å². The molecule has 0 aliphatic heterocycles. The average molecular weight is 315 g/mol. The number of nitrogens with zero attached hydrogens (tertiary/aromatic N) is 1. The molecule has 1 heterocycles. The minimum atomic E-state index is -4.73. The van der Waals surface area contributed by atoms with Gasteiger partial charge >= 0.3 is 6.36 Å². The second-order valence-electron chi connectivity index (χ2n) is 4.84. The molecule has 116 valence electrons. The van der Waals surface area contributed by atoms with Gasteiger partial charge in [-0.2, -0.15) is 0 Å². The van der Waals surface area contributed by atoms with Crippen LogP contribution in [-0.4, -0.2) is 11.3 Å². The number of rotatable bonds is 3.